The van der Waals surface area contributed by atoms with E-state index in [0.29, 0.717) is 29.9 Å². The molecular formula is C17H18ClN3O2. The Bertz CT molecular complexity index is 718. The van der Waals surface area contributed by atoms with Crippen LogP contribution in [-0.2, 0) is 4.79 Å². The number of halogens is 1. The second-order valence-electron chi connectivity index (χ2n) is 5.61. The molecule has 23 heavy (non-hydrogen) atoms. The SMILES string of the molecule is Nc1cc(C2CCN(C(=O)C=Cc3ccccc3Cl)CC2)no1. The number of rotatable bonds is 3. The standard InChI is InChI=1S/C17H18ClN3O2/c18-14-4-2-1-3-12(14)5-6-17(22)21-9-7-13(8-10-21)15-11-16(19)23-20-15/h1-6,11,13H,7-10,19H2. The molecule has 2 heterocycles. The van der Waals surface area contributed by atoms with Crippen LogP contribution >= 0.6 is 11.6 Å². The zero-order valence-corrected chi connectivity index (χ0v) is 13.4. The van der Waals surface area contributed by atoms with Crippen molar-refractivity contribution in [3.63, 3.8) is 0 Å². The maximum atomic E-state index is 12.3. The summed E-state index contributed by atoms with van der Waals surface area (Å²) in [5.41, 5.74) is 7.27. The molecule has 2 aromatic rings. The fraction of sp³-hybridized carbons (Fsp3) is 0.294. The van der Waals surface area contributed by atoms with Crippen LogP contribution in [0, 0.1) is 0 Å². The van der Waals surface area contributed by atoms with Crippen LogP contribution in [0.4, 0.5) is 5.88 Å². The summed E-state index contributed by atoms with van der Waals surface area (Å²) in [6.07, 6.45) is 5.06. The van der Waals surface area contributed by atoms with Gasteiger partial charge in [-0.3, -0.25) is 4.79 Å². The molecular weight excluding hydrogens is 314 g/mol. The van der Waals surface area contributed by atoms with Crippen molar-refractivity contribution < 1.29 is 9.32 Å². The summed E-state index contributed by atoms with van der Waals surface area (Å²) < 4.78 is 4.91. The van der Waals surface area contributed by atoms with Crippen molar-refractivity contribution in [1.82, 2.24) is 10.1 Å². The van der Waals surface area contributed by atoms with Crippen molar-refractivity contribution in [1.29, 1.82) is 0 Å². The number of nitrogen functional groups attached to an aromatic ring is 1. The number of amides is 1. The molecule has 1 amide bonds. The quantitative estimate of drug-likeness (QED) is 0.876. The van der Waals surface area contributed by atoms with Crippen molar-refractivity contribution in [3.8, 4) is 0 Å². The summed E-state index contributed by atoms with van der Waals surface area (Å²) in [4.78, 5) is 14.1. The average Bonchev–Trinajstić information content (AvgIpc) is 3.00. The van der Waals surface area contributed by atoms with Gasteiger partial charge in [-0.05, 0) is 30.5 Å². The van der Waals surface area contributed by atoms with Crippen molar-refractivity contribution in [2.75, 3.05) is 18.8 Å². The van der Waals surface area contributed by atoms with Gasteiger partial charge < -0.3 is 15.2 Å². The van der Waals surface area contributed by atoms with Gasteiger partial charge in [-0.25, -0.2) is 0 Å². The molecule has 0 unspecified atom stereocenters. The number of hydrogen-bond donors (Lipinski definition) is 1. The Morgan fingerprint density at radius 2 is 2.09 bits per heavy atom. The third kappa shape index (κ3) is 3.74. The van der Waals surface area contributed by atoms with Crippen molar-refractivity contribution >= 4 is 29.5 Å². The highest BCUT2D eigenvalue weighted by molar-refractivity contribution is 6.32. The monoisotopic (exact) mass is 331 g/mol. The summed E-state index contributed by atoms with van der Waals surface area (Å²) in [6.45, 7) is 1.40. The number of carbonyl (C=O) groups is 1. The molecule has 1 fully saturated rings. The van der Waals surface area contributed by atoms with Gasteiger partial charge in [-0.15, -0.1) is 0 Å². The summed E-state index contributed by atoms with van der Waals surface area (Å²) in [7, 11) is 0. The lowest BCUT2D eigenvalue weighted by Crippen LogP contribution is -2.36. The smallest absolute Gasteiger partial charge is 0.246 e. The second-order valence-corrected chi connectivity index (χ2v) is 6.02. The fourth-order valence-electron chi connectivity index (χ4n) is 2.77. The number of likely N-dealkylation sites (tertiary alicyclic amines) is 1. The Labute approximate surface area is 139 Å². The number of aromatic nitrogens is 1. The lowest BCUT2D eigenvalue weighted by molar-refractivity contribution is -0.126. The van der Waals surface area contributed by atoms with Gasteiger partial charge in [0.2, 0.25) is 11.8 Å². The highest BCUT2D eigenvalue weighted by Crippen LogP contribution is 2.28. The van der Waals surface area contributed by atoms with Gasteiger partial charge in [0.25, 0.3) is 0 Å². The Morgan fingerprint density at radius 1 is 1.35 bits per heavy atom. The van der Waals surface area contributed by atoms with E-state index in [0.717, 1.165) is 24.1 Å². The van der Waals surface area contributed by atoms with Gasteiger partial charge in [0.15, 0.2) is 0 Å². The van der Waals surface area contributed by atoms with Crippen molar-refractivity contribution in [2.24, 2.45) is 0 Å². The fourth-order valence-corrected chi connectivity index (χ4v) is 2.97. The van der Waals surface area contributed by atoms with Gasteiger partial charge in [-0.1, -0.05) is 35.0 Å². The molecule has 0 spiro atoms. The van der Waals surface area contributed by atoms with E-state index in [1.54, 1.807) is 24.3 Å². The summed E-state index contributed by atoms with van der Waals surface area (Å²) in [6, 6.07) is 9.21. The minimum atomic E-state index is 0.00281. The highest BCUT2D eigenvalue weighted by Gasteiger charge is 2.24. The van der Waals surface area contributed by atoms with Crippen LogP contribution in [0.3, 0.4) is 0 Å². The van der Waals surface area contributed by atoms with E-state index in [1.807, 2.05) is 23.1 Å². The normalized spacial score (nSPS) is 16.1. The van der Waals surface area contributed by atoms with E-state index in [1.165, 1.54) is 0 Å². The molecule has 0 aliphatic carbocycles. The molecule has 1 aromatic heterocycles. The molecule has 5 nitrogen and oxygen atoms in total. The first-order chi connectivity index (χ1) is 11.1. The summed E-state index contributed by atoms with van der Waals surface area (Å²) >= 11 is 6.08. The Kier molecular flexibility index (Phi) is 4.67. The first-order valence-corrected chi connectivity index (χ1v) is 7.95. The molecule has 120 valence electrons. The molecule has 0 radical (unpaired) electrons. The summed E-state index contributed by atoms with van der Waals surface area (Å²) in [5, 5.41) is 4.60. The zero-order valence-electron chi connectivity index (χ0n) is 12.6. The molecule has 3 rings (SSSR count). The van der Waals surface area contributed by atoms with E-state index in [-0.39, 0.29) is 5.91 Å². The molecule has 1 aliphatic heterocycles. The number of hydrogen-bond acceptors (Lipinski definition) is 4. The van der Waals surface area contributed by atoms with Crippen LogP contribution in [0.1, 0.15) is 30.0 Å². The third-order valence-electron chi connectivity index (χ3n) is 4.08. The number of benzene rings is 1. The minimum Gasteiger partial charge on any atom is -0.368 e. The number of carbonyl (C=O) groups excluding carboxylic acids is 1. The van der Waals surface area contributed by atoms with Gasteiger partial charge in [0, 0.05) is 36.2 Å². The molecule has 0 atom stereocenters. The number of nitrogens with two attached hydrogens (primary N) is 1. The van der Waals surface area contributed by atoms with Crippen LogP contribution in [0.25, 0.3) is 6.08 Å². The van der Waals surface area contributed by atoms with Gasteiger partial charge in [0.1, 0.15) is 0 Å². The van der Waals surface area contributed by atoms with E-state index in [2.05, 4.69) is 5.16 Å². The predicted molar refractivity (Wildman–Crippen MR) is 90.0 cm³/mol. The summed E-state index contributed by atoms with van der Waals surface area (Å²) in [5.74, 6) is 0.636. The van der Waals surface area contributed by atoms with E-state index < -0.39 is 0 Å². The molecule has 1 aliphatic rings. The van der Waals surface area contributed by atoms with Crippen LogP contribution in [-0.4, -0.2) is 29.1 Å². The number of nitrogens with zero attached hydrogens (tertiary/aromatic N) is 2. The van der Waals surface area contributed by atoms with Crippen LogP contribution in [0.2, 0.25) is 5.02 Å². The lowest BCUT2D eigenvalue weighted by atomic mass is 9.93. The molecule has 1 aromatic carbocycles. The van der Waals surface area contributed by atoms with E-state index >= 15 is 0 Å². The topological polar surface area (TPSA) is 72.4 Å². The molecule has 2 N–H and O–H groups in total. The van der Waals surface area contributed by atoms with Gasteiger partial charge in [-0.2, -0.15) is 0 Å². The predicted octanol–water partition coefficient (Wildman–Crippen LogP) is 3.33. The third-order valence-corrected chi connectivity index (χ3v) is 4.43. The van der Waals surface area contributed by atoms with Crippen molar-refractivity contribution in [3.05, 3.63) is 52.7 Å². The molecule has 1 saturated heterocycles. The largest absolute Gasteiger partial charge is 0.368 e. The molecule has 0 saturated carbocycles. The maximum absolute atomic E-state index is 12.3. The zero-order chi connectivity index (χ0) is 16.2. The van der Waals surface area contributed by atoms with Crippen molar-refractivity contribution in [2.45, 2.75) is 18.8 Å². The molecule has 0 bridgehead atoms. The second kappa shape index (κ2) is 6.87. The highest BCUT2D eigenvalue weighted by atomic mass is 35.5. The first kappa shape index (κ1) is 15.6. The molecule has 6 heteroatoms. The Balaban J connectivity index is 1.57. The number of anilines is 1. The van der Waals surface area contributed by atoms with E-state index in [4.69, 9.17) is 21.9 Å². The Hall–Kier alpha value is -2.27. The first-order valence-electron chi connectivity index (χ1n) is 7.57. The van der Waals surface area contributed by atoms with Crippen LogP contribution in [0.5, 0.6) is 0 Å². The van der Waals surface area contributed by atoms with Gasteiger partial charge in [0.05, 0.1) is 5.69 Å². The van der Waals surface area contributed by atoms with E-state index in [9.17, 15) is 4.79 Å². The van der Waals surface area contributed by atoms with Gasteiger partial charge >= 0.3 is 0 Å². The maximum Gasteiger partial charge on any atom is 0.246 e. The minimum absolute atomic E-state index is 0.00281. The van der Waals surface area contributed by atoms with Crippen LogP contribution < -0.4 is 5.73 Å². The average molecular weight is 332 g/mol. The Morgan fingerprint density at radius 3 is 2.74 bits per heavy atom. The number of piperidine rings is 1. The lowest BCUT2D eigenvalue weighted by Gasteiger charge is -2.30. The van der Waals surface area contributed by atoms with Crippen LogP contribution in [0.15, 0.2) is 40.9 Å².